The number of hydrogen-bond donors (Lipinski definition) is 1. The molecule has 3 aromatic heterocycles. The van der Waals surface area contributed by atoms with Crippen molar-refractivity contribution in [2.24, 2.45) is 0 Å². The molecule has 0 bridgehead atoms. The first kappa shape index (κ1) is 32.5. The standard InChI is InChI=1S/C21H22N4O3.C16H18N2O2/c1-26-19-6-4-17(22-10-19)14-28-18-5-3-15-7-8-25(13-16(15)9-18)21-23-11-20(27-2)12-24-21;1-19-16-5-3-14(18-10-16)11-20-15-4-2-12-6-7-17-9-13(12)8-15/h3-6,9-12H,7-8,13-14H2,1-2H3;2-5,8,10,17H,6-7,9,11H2,1H3. The number of nitrogens with one attached hydrogen (secondary N) is 1. The maximum atomic E-state index is 5.93. The molecule has 0 saturated carbocycles. The summed E-state index contributed by atoms with van der Waals surface area (Å²) in [6.07, 6.45) is 8.83. The lowest BCUT2D eigenvalue weighted by molar-refractivity contribution is 0.300. The van der Waals surface area contributed by atoms with Gasteiger partial charge in [-0.25, -0.2) is 9.97 Å². The topological polar surface area (TPSA) is 113 Å². The molecule has 0 aliphatic carbocycles. The Balaban J connectivity index is 0.000000177. The molecule has 7 rings (SSSR count). The van der Waals surface area contributed by atoms with Gasteiger partial charge in [0.25, 0.3) is 0 Å². The van der Waals surface area contributed by atoms with Gasteiger partial charge in [0.1, 0.15) is 36.2 Å². The molecule has 0 spiro atoms. The Labute approximate surface area is 280 Å². The van der Waals surface area contributed by atoms with Gasteiger partial charge in [-0.05, 0) is 90.2 Å². The largest absolute Gasteiger partial charge is 0.495 e. The van der Waals surface area contributed by atoms with Gasteiger partial charge >= 0.3 is 0 Å². The minimum absolute atomic E-state index is 0.411. The molecule has 2 aliphatic heterocycles. The van der Waals surface area contributed by atoms with Crippen molar-refractivity contribution in [2.75, 3.05) is 39.3 Å². The fourth-order valence-corrected chi connectivity index (χ4v) is 5.47. The number of ether oxygens (including phenoxy) is 5. The number of pyridine rings is 2. The van der Waals surface area contributed by atoms with Gasteiger partial charge in [0.15, 0.2) is 5.75 Å². The van der Waals surface area contributed by atoms with E-state index >= 15 is 0 Å². The van der Waals surface area contributed by atoms with Crippen LogP contribution in [0.1, 0.15) is 33.6 Å². The minimum Gasteiger partial charge on any atom is -0.495 e. The summed E-state index contributed by atoms with van der Waals surface area (Å²) >= 11 is 0. The van der Waals surface area contributed by atoms with Crippen LogP contribution < -0.4 is 33.9 Å². The molecule has 0 fully saturated rings. The number of rotatable bonds is 10. The van der Waals surface area contributed by atoms with Crippen molar-refractivity contribution < 1.29 is 23.7 Å². The summed E-state index contributed by atoms with van der Waals surface area (Å²) in [7, 11) is 4.87. The second-order valence-corrected chi connectivity index (χ2v) is 11.3. The van der Waals surface area contributed by atoms with Crippen LogP contribution in [-0.4, -0.2) is 54.4 Å². The third-order valence-corrected chi connectivity index (χ3v) is 8.23. The Morgan fingerprint density at radius 2 is 1.12 bits per heavy atom. The summed E-state index contributed by atoms with van der Waals surface area (Å²) in [5.74, 6) is 4.58. The van der Waals surface area contributed by atoms with Crippen LogP contribution in [0.2, 0.25) is 0 Å². The molecule has 11 nitrogen and oxygen atoms in total. The van der Waals surface area contributed by atoms with E-state index in [4.69, 9.17) is 23.7 Å². The van der Waals surface area contributed by atoms with Crippen LogP contribution >= 0.6 is 0 Å². The number of hydrogen-bond acceptors (Lipinski definition) is 11. The lowest BCUT2D eigenvalue weighted by Gasteiger charge is -2.29. The third kappa shape index (κ3) is 8.48. The zero-order chi connectivity index (χ0) is 33.1. The molecule has 0 saturated heterocycles. The van der Waals surface area contributed by atoms with Crippen molar-refractivity contribution in [3.63, 3.8) is 0 Å². The highest BCUT2D eigenvalue weighted by molar-refractivity contribution is 5.44. The van der Waals surface area contributed by atoms with Crippen molar-refractivity contribution in [3.8, 4) is 28.7 Å². The summed E-state index contributed by atoms with van der Waals surface area (Å²) in [5, 5.41) is 3.37. The second kappa shape index (κ2) is 15.9. The molecule has 0 unspecified atom stereocenters. The number of benzene rings is 2. The van der Waals surface area contributed by atoms with E-state index in [1.807, 2.05) is 36.4 Å². The van der Waals surface area contributed by atoms with E-state index in [0.29, 0.717) is 24.9 Å². The lowest BCUT2D eigenvalue weighted by atomic mass is 10.00. The molecule has 11 heteroatoms. The molecule has 0 atom stereocenters. The lowest BCUT2D eigenvalue weighted by Crippen LogP contribution is -2.31. The van der Waals surface area contributed by atoms with Gasteiger partial charge in [0.2, 0.25) is 5.95 Å². The first-order valence-corrected chi connectivity index (χ1v) is 15.9. The zero-order valence-electron chi connectivity index (χ0n) is 27.5. The van der Waals surface area contributed by atoms with Crippen LogP contribution in [-0.2, 0) is 39.1 Å². The molecular formula is C37H40N6O5. The Morgan fingerprint density at radius 3 is 1.69 bits per heavy atom. The second-order valence-electron chi connectivity index (χ2n) is 11.3. The van der Waals surface area contributed by atoms with Gasteiger partial charge < -0.3 is 33.9 Å². The van der Waals surface area contributed by atoms with Crippen molar-refractivity contribution in [1.82, 2.24) is 25.3 Å². The van der Waals surface area contributed by atoms with Crippen LogP contribution in [0.15, 0.2) is 85.5 Å². The average molecular weight is 649 g/mol. The number of anilines is 1. The van der Waals surface area contributed by atoms with Crippen molar-refractivity contribution in [1.29, 1.82) is 0 Å². The van der Waals surface area contributed by atoms with Gasteiger partial charge in [-0.2, -0.15) is 0 Å². The first-order chi connectivity index (χ1) is 23.6. The van der Waals surface area contributed by atoms with Crippen LogP contribution in [0, 0.1) is 0 Å². The van der Waals surface area contributed by atoms with Crippen molar-refractivity contribution in [2.45, 2.75) is 39.1 Å². The molecule has 1 N–H and O–H groups in total. The van der Waals surface area contributed by atoms with Gasteiger partial charge in [-0.15, -0.1) is 0 Å². The molecular weight excluding hydrogens is 608 g/mol. The Bertz CT molecular complexity index is 1770. The predicted octanol–water partition coefficient (Wildman–Crippen LogP) is 5.35. The molecule has 248 valence electrons. The van der Waals surface area contributed by atoms with Crippen LogP contribution in [0.4, 0.5) is 5.95 Å². The number of nitrogens with zero attached hydrogens (tertiary/aromatic N) is 5. The highest BCUT2D eigenvalue weighted by atomic mass is 16.5. The van der Waals surface area contributed by atoms with E-state index in [9.17, 15) is 0 Å². The normalized spacial score (nSPS) is 13.3. The maximum Gasteiger partial charge on any atom is 0.225 e. The highest BCUT2D eigenvalue weighted by Gasteiger charge is 2.19. The van der Waals surface area contributed by atoms with Gasteiger partial charge in [0.05, 0.1) is 57.5 Å². The smallest absolute Gasteiger partial charge is 0.225 e. The Hall–Kier alpha value is -5.42. The van der Waals surface area contributed by atoms with E-state index in [1.165, 1.54) is 22.3 Å². The van der Waals surface area contributed by atoms with E-state index in [0.717, 1.165) is 73.4 Å². The SMILES string of the molecule is COc1ccc(COc2ccc3c(c2)CN(c2ncc(OC)cn2)CC3)nc1.COc1ccc(COc2ccc3c(c2)CNCC3)nc1. The summed E-state index contributed by atoms with van der Waals surface area (Å²) in [6, 6.07) is 20.1. The van der Waals surface area contributed by atoms with Crippen molar-refractivity contribution >= 4 is 5.95 Å². The highest BCUT2D eigenvalue weighted by Crippen LogP contribution is 2.27. The molecule has 0 radical (unpaired) electrons. The van der Waals surface area contributed by atoms with Gasteiger partial charge in [0, 0.05) is 19.6 Å². The number of aromatic nitrogens is 4. The summed E-state index contributed by atoms with van der Waals surface area (Å²) in [6.45, 7) is 4.50. The van der Waals surface area contributed by atoms with E-state index in [-0.39, 0.29) is 0 Å². The predicted molar refractivity (Wildman–Crippen MR) is 182 cm³/mol. The number of methoxy groups -OCH3 is 3. The summed E-state index contributed by atoms with van der Waals surface area (Å²) in [4.78, 5) is 19.6. The summed E-state index contributed by atoms with van der Waals surface area (Å²) < 4.78 is 27.1. The van der Waals surface area contributed by atoms with Crippen LogP contribution in [0.5, 0.6) is 28.7 Å². The zero-order valence-corrected chi connectivity index (χ0v) is 27.5. The third-order valence-electron chi connectivity index (χ3n) is 8.23. The summed E-state index contributed by atoms with van der Waals surface area (Å²) in [5.41, 5.74) is 7.05. The molecule has 48 heavy (non-hydrogen) atoms. The first-order valence-electron chi connectivity index (χ1n) is 15.9. The Morgan fingerprint density at radius 1 is 0.583 bits per heavy atom. The van der Waals surface area contributed by atoms with Crippen molar-refractivity contribution in [3.05, 3.63) is 119 Å². The fraction of sp³-hybridized carbons (Fsp3) is 0.297. The van der Waals surface area contributed by atoms with E-state index < -0.39 is 0 Å². The molecule has 2 aliphatic rings. The van der Waals surface area contributed by atoms with E-state index in [2.05, 4.69) is 54.4 Å². The van der Waals surface area contributed by atoms with E-state index in [1.54, 1.807) is 46.1 Å². The quantitative estimate of drug-likeness (QED) is 0.212. The monoisotopic (exact) mass is 648 g/mol. The average Bonchev–Trinajstić information content (AvgIpc) is 3.16. The van der Waals surface area contributed by atoms with Gasteiger partial charge in [-0.1, -0.05) is 12.1 Å². The molecule has 5 aromatic rings. The minimum atomic E-state index is 0.411. The molecule has 5 heterocycles. The van der Waals surface area contributed by atoms with Crippen LogP contribution in [0.25, 0.3) is 0 Å². The Kier molecular flexibility index (Phi) is 10.8. The maximum absolute atomic E-state index is 5.93. The van der Waals surface area contributed by atoms with Gasteiger partial charge in [-0.3, -0.25) is 9.97 Å². The number of fused-ring (bicyclic) bond motifs is 2. The fourth-order valence-electron chi connectivity index (χ4n) is 5.47. The molecule has 2 aromatic carbocycles. The molecule has 0 amide bonds. The van der Waals surface area contributed by atoms with Crippen LogP contribution in [0.3, 0.4) is 0 Å².